The Morgan fingerprint density at radius 2 is 2.16 bits per heavy atom. The Labute approximate surface area is 123 Å². The van der Waals surface area contributed by atoms with Crippen LogP contribution in [-0.2, 0) is 12.8 Å². The van der Waals surface area contributed by atoms with Gasteiger partial charge in [0.1, 0.15) is 11.0 Å². The van der Waals surface area contributed by atoms with Crippen molar-refractivity contribution in [2.45, 2.75) is 19.8 Å². The maximum Gasteiger partial charge on any atom is 0.180 e. The molecular formula is C12H11ClN4S2. The molecule has 2 aromatic heterocycles. The van der Waals surface area contributed by atoms with E-state index >= 15 is 0 Å². The highest BCUT2D eigenvalue weighted by atomic mass is 35.5. The van der Waals surface area contributed by atoms with E-state index in [9.17, 15) is 0 Å². The molecule has 0 amide bonds. The first-order valence-electron chi connectivity index (χ1n) is 5.82. The average Bonchev–Trinajstić information content (AvgIpc) is 2.99. The van der Waals surface area contributed by atoms with Crippen LogP contribution in [0.5, 0.6) is 0 Å². The minimum atomic E-state index is 0.603. The van der Waals surface area contributed by atoms with Crippen LogP contribution in [0.1, 0.15) is 23.1 Å². The summed E-state index contributed by atoms with van der Waals surface area (Å²) < 4.78 is 8.58. The number of anilines is 1. The van der Waals surface area contributed by atoms with Gasteiger partial charge in [0.2, 0.25) is 0 Å². The molecule has 0 spiro atoms. The molecule has 98 valence electrons. The normalized spacial score (nSPS) is 11.3. The van der Waals surface area contributed by atoms with Gasteiger partial charge in [-0.15, -0.1) is 11.3 Å². The highest BCUT2D eigenvalue weighted by Gasteiger charge is 2.15. The molecule has 3 rings (SSSR count). The van der Waals surface area contributed by atoms with E-state index in [-0.39, 0.29) is 0 Å². The molecule has 7 heteroatoms. The zero-order valence-corrected chi connectivity index (χ0v) is 12.6. The molecule has 0 fully saturated rings. The monoisotopic (exact) mass is 310 g/mol. The lowest BCUT2D eigenvalue weighted by Gasteiger charge is -2.04. The van der Waals surface area contributed by atoms with Crippen molar-refractivity contribution in [1.82, 2.24) is 13.7 Å². The van der Waals surface area contributed by atoms with Crippen LogP contribution in [0.2, 0.25) is 5.02 Å². The van der Waals surface area contributed by atoms with Gasteiger partial charge in [0, 0.05) is 21.9 Å². The third kappa shape index (κ3) is 2.31. The fourth-order valence-corrected chi connectivity index (χ4v) is 3.74. The number of halogens is 1. The number of hydrogen-bond acceptors (Lipinski definition) is 6. The number of nitrogen functional groups attached to an aromatic ring is 1. The Kier molecular flexibility index (Phi) is 3.38. The predicted octanol–water partition coefficient (Wildman–Crippen LogP) is 3.54. The zero-order chi connectivity index (χ0) is 13.4. The Morgan fingerprint density at radius 3 is 2.95 bits per heavy atom. The van der Waals surface area contributed by atoms with E-state index in [1.54, 1.807) is 0 Å². The minimum absolute atomic E-state index is 0.603. The minimum Gasteiger partial charge on any atom is -0.375 e. The Balaban J connectivity index is 2.09. The van der Waals surface area contributed by atoms with Crippen LogP contribution in [-0.4, -0.2) is 13.7 Å². The van der Waals surface area contributed by atoms with E-state index in [0.717, 1.165) is 33.6 Å². The van der Waals surface area contributed by atoms with Crippen LogP contribution in [0.3, 0.4) is 0 Å². The van der Waals surface area contributed by atoms with Crippen LogP contribution in [0.4, 0.5) is 5.13 Å². The summed E-state index contributed by atoms with van der Waals surface area (Å²) in [5.74, 6) is 0. The van der Waals surface area contributed by atoms with Gasteiger partial charge in [-0.25, -0.2) is 4.98 Å². The molecule has 19 heavy (non-hydrogen) atoms. The lowest BCUT2D eigenvalue weighted by Crippen LogP contribution is -1.93. The number of nitrogens with two attached hydrogens (primary N) is 1. The number of fused-ring (bicyclic) bond motifs is 1. The number of hydrogen-bond donors (Lipinski definition) is 1. The molecule has 0 saturated carbocycles. The number of rotatable bonds is 3. The SMILES string of the molecule is CCc1nc(N)sc1Cc1c(Cl)ccc2nsnc12. The first-order chi connectivity index (χ1) is 9.19. The summed E-state index contributed by atoms with van der Waals surface area (Å²) in [6.07, 6.45) is 1.57. The van der Waals surface area contributed by atoms with Gasteiger partial charge in [-0.1, -0.05) is 18.5 Å². The number of aromatic nitrogens is 3. The first kappa shape index (κ1) is 12.8. The third-order valence-corrected chi connectivity index (χ3v) is 4.77. The molecule has 0 saturated heterocycles. The Bertz CT molecular complexity index is 734. The first-order valence-corrected chi connectivity index (χ1v) is 7.75. The van der Waals surface area contributed by atoms with Crippen LogP contribution in [0.25, 0.3) is 11.0 Å². The van der Waals surface area contributed by atoms with Crippen LogP contribution in [0.15, 0.2) is 12.1 Å². The molecular weight excluding hydrogens is 300 g/mol. The van der Waals surface area contributed by atoms with E-state index in [1.807, 2.05) is 12.1 Å². The second-order valence-electron chi connectivity index (χ2n) is 4.11. The van der Waals surface area contributed by atoms with Crippen molar-refractivity contribution in [3.8, 4) is 0 Å². The highest BCUT2D eigenvalue weighted by molar-refractivity contribution is 7.15. The summed E-state index contributed by atoms with van der Waals surface area (Å²) in [5, 5.41) is 1.32. The van der Waals surface area contributed by atoms with Crippen molar-refractivity contribution in [1.29, 1.82) is 0 Å². The van der Waals surface area contributed by atoms with Crippen LogP contribution in [0, 0.1) is 0 Å². The fraction of sp³-hybridized carbons (Fsp3) is 0.250. The van der Waals surface area contributed by atoms with Crippen molar-refractivity contribution in [2.75, 3.05) is 5.73 Å². The summed E-state index contributed by atoms with van der Waals surface area (Å²) >= 11 is 9.02. The number of aryl methyl sites for hydroxylation is 1. The molecule has 2 N–H and O–H groups in total. The van der Waals surface area contributed by atoms with E-state index in [1.165, 1.54) is 23.1 Å². The Hall–Kier alpha value is -1.24. The maximum absolute atomic E-state index is 6.30. The van der Waals surface area contributed by atoms with E-state index in [2.05, 4.69) is 20.7 Å². The lowest BCUT2D eigenvalue weighted by atomic mass is 10.1. The molecule has 0 aliphatic heterocycles. The largest absolute Gasteiger partial charge is 0.375 e. The summed E-state index contributed by atoms with van der Waals surface area (Å²) in [7, 11) is 0. The molecule has 0 aliphatic carbocycles. The van der Waals surface area contributed by atoms with Crippen molar-refractivity contribution in [3.05, 3.63) is 33.3 Å². The zero-order valence-electron chi connectivity index (χ0n) is 10.2. The van der Waals surface area contributed by atoms with Crippen LogP contribution < -0.4 is 5.73 Å². The summed E-state index contributed by atoms with van der Waals surface area (Å²) in [6.45, 7) is 2.07. The van der Waals surface area contributed by atoms with Gasteiger partial charge in [-0.3, -0.25) is 0 Å². The fourth-order valence-electron chi connectivity index (χ4n) is 2.03. The topological polar surface area (TPSA) is 64.7 Å². The van der Waals surface area contributed by atoms with E-state index in [0.29, 0.717) is 16.6 Å². The van der Waals surface area contributed by atoms with Crippen molar-refractivity contribution in [3.63, 3.8) is 0 Å². The third-order valence-electron chi connectivity index (χ3n) is 2.94. The van der Waals surface area contributed by atoms with Gasteiger partial charge in [-0.2, -0.15) is 8.75 Å². The lowest BCUT2D eigenvalue weighted by molar-refractivity contribution is 1.02. The molecule has 0 bridgehead atoms. The van der Waals surface area contributed by atoms with Gasteiger partial charge in [0.25, 0.3) is 0 Å². The summed E-state index contributed by atoms with van der Waals surface area (Å²) in [4.78, 5) is 5.50. The van der Waals surface area contributed by atoms with Gasteiger partial charge >= 0.3 is 0 Å². The molecule has 0 radical (unpaired) electrons. The summed E-state index contributed by atoms with van der Waals surface area (Å²) in [5.41, 5.74) is 9.60. The van der Waals surface area contributed by atoms with E-state index < -0.39 is 0 Å². The van der Waals surface area contributed by atoms with Gasteiger partial charge in [0.15, 0.2) is 5.13 Å². The van der Waals surface area contributed by atoms with Gasteiger partial charge in [-0.05, 0) is 18.6 Å². The molecule has 0 atom stereocenters. The summed E-state index contributed by atoms with van der Waals surface area (Å²) in [6, 6.07) is 3.77. The van der Waals surface area contributed by atoms with Gasteiger partial charge < -0.3 is 5.73 Å². The average molecular weight is 311 g/mol. The highest BCUT2D eigenvalue weighted by Crippen LogP contribution is 2.31. The molecule has 3 aromatic rings. The quantitative estimate of drug-likeness (QED) is 0.803. The number of nitrogens with zero attached hydrogens (tertiary/aromatic N) is 3. The van der Waals surface area contributed by atoms with Crippen LogP contribution >= 0.6 is 34.7 Å². The van der Waals surface area contributed by atoms with Gasteiger partial charge in [0.05, 0.1) is 17.4 Å². The molecule has 2 heterocycles. The standard InChI is InChI=1S/C12H11ClN4S2/c1-2-8-10(18-12(14)15-8)5-6-7(13)3-4-9-11(6)17-19-16-9/h3-4H,2,5H2,1H3,(H2,14,15). The predicted molar refractivity (Wildman–Crippen MR) is 81.1 cm³/mol. The van der Waals surface area contributed by atoms with Crippen molar-refractivity contribution in [2.24, 2.45) is 0 Å². The second kappa shape index (κ2) is 5.03. The molecule has 0 aliphatic rings. The molecule has 4 nitrogen and oxygen atoms in total. The Morgan fingerprint density at radius 1 is 1.32 bits per heavy atom. The number of thiazole rings is 1. The maximum atomic E-state index is 6.30. The van der Waals surface area contributed by atoms with Crippen molar-refractivity contribution >= 4 is 50.8 Å². The smallest absolute Gasteiger partial charge is 0.180 e. The molecule has 1 aromatic carbocycles. The molecule has 0 unspecified atom stereocenters. The second-order valence-corrected chi connectivity index (χ2v) is 6.16. The van der Waals surface area contributed by atoms with Crippen molar-refractivity contribution < 1.29 is 0 Å². The number of benzene rings is 1. The van der Waals surface area contributed by atoms with E-state index in [4.69, 9.17) is 17.3 Å².